The van der Waals surface area contributed by atoms with Crippen LogP contribution in [0.1, 0.15) is 11.5 Å². The lowest BCUT2D eigenvalue weighted by atomic mass is 10.3. The molecule has 98 valence electrons. The molecule has 0 aliphatic rings. The van der Waals surface area contributed by atoms with Gasteiger partial charge in [0.2, 0.25) is 5.28 Å². The van der Waals surface area contributed by atoms with Gasteiger partial charge in [-0.05, 0) is 30.7 Å². The van der Waals surface area contributed by atoms with Crippen LogP contribution in [0.5, 0.6) is 0 Å². The third-order valence-electron chi connectivity index (χ3n) is 2.75. The first-order valence-corrected chi connectivity index (χ1v) is 6.00. The summed E-state index contributed by atoms with van der Waals surface area (Å²) in [5, 5.41) is 3.35. The Morgan fingerprint density at radius 2 is 2.32 bits per heavy atom. The van der Waals surface area contributed by atoms with Gasteiger partial charge in [-0.25, -0.2) is 4.39 Å². The highest BCUT2D eigenvalue weighted by Gasteiger charge is 2.16. The molecule has 0 radical (unpaired) electrons. The minimum Gasteiger partial charge on any atom is -0.467 e. The molecule has 0 bridgehead atoms. The van der Waals surface area contributed by atoms with Crippen LogP contribution in [0.25, 0.3) is 11.0 Å². The van der Waals surface area contributed by atoms with Gasteiger partial charge in [0.1, 0.15) is 17.2 Å². The van der Waals surface area contributed by atoms with E-state index in [1.807, 2.05) is 6.07 Å². The molecular weight excluding hydrogens is 271 g/mol. The maximum absolute atomic E-state index is 14.0. The Kier molecular flexibility index (Phi) is 2.87. The summed E-state index contributed by atoms with van der Waals surface area (Å²) in [7, 11) is 0. The molecule has 0 saturated heterocycles. The highest BCUT2D eigenvalue weighted by molar-refractivity contribution is 6.28. The molecule has 5 nitrogen and oxygen atoms in total. The number of fused-ring (bicyclic) bond motifs is 1. The van der Waals surface area contributed by atoms with Crippen LogP contribution in [0.3, 0.4) is 0 Å². The van der Waals surface area contributed by atoms with E-state index in [0.717, 1.165) is 5.76 Å². The van der Waals surface area contributed by atoms with Gasteiger partial charge in [0, 0.05) is 0 Å². The average Bonchev–Trinajstić information content (AvgIpc) is 2.96. The molecule has 0 spiro atoms. The summed E-state index contributed by atoms with van der Waals surface area (Å²) in [6.07, 6.45) is 1.57. The quantitative estimate of drug-likeness (QED) is 0.723. The number of halogens is 2. The Morgan fingerprint density at radius 1 is 1.47 bits per heavy atom. The maximum atomic E-state index is 14.0. The second-order valence-electron chi connectivity index (χ2n) is 4.06. The van der Waals surface area contributed by atoms with Crippen LogP contribution >= 0.6 is 11.6 Å². The van der Waals surface area contributed by atoms with E-state index in [0.29, 0.717) is 29.1 Å². The zero-order valence-electron chi connectivity index (χ0n) is 10.00. The molecular formula is C12H10ClFN4O. The standard InChI is InChI=1S/C12H10ClFN4O/c1-6-9(14)8-10(15-5-7-3-2-4-19-7)17-12(13)18-11(8)16-6/h2-4H,5H2,1H3,(H2,15,16,17,18). The Hall–Kier alpha value is -2.08. The number of anilines is 1. The lowest BCUT2D eigenvalue weighted by Gasteiger charge is -2.05. The molecule has 3 rings (SSSR count). The summed E-state index contributed by atoms with van der Waals surface area (Å²) in [4.78, 5) is 10.8. The van der Waals surface area contributed by atoms with Gasteiger partial charge >= 0.3 is 0 Å². The Labute approximate surface area is 112 Å². The molecule has 7 heteroatoms. The van der Waals surface area contributed by atoms with Gasteiger partial charge in [0.15, 0.2) is 5.82 Å². The number of aryl methyl sites for hydroxylation is 1. The fourth-order valence-corrected chi connectivity index (χ4v) is 2.03. The smallest absolute Gasteiger partial charge is 0.226 e. The van der Waals surface area contributed by atoms with Gasteiger partial charge in [-0.15, -0.1) is 0 Å². The zero-order chi connectivity index (χ0) is 13.4. The molecule has 0 aliphatic carbocycles. The van der Waals surface area contributed by atoms with Crippen molar-refractivity contribution >= 4 is 28.5 Å². The minimum absolute atomic E-state index is 0.0516. The van der Waals surface area contributed by atoms with E-state index in [1.165, 1.54) is 0 Å². The van der Waals surface area contributed by atoms with E-state index in [-0.39, 0.29) is 11.1 Å². The van der Waals surface area contributed by atoms with Gasteiger partial charge in [-0.2, -0.15) is 9.97 Å². The van der Waals surface area contributed by atoms with Crippen molar-refractivity contribution < 1.29 is 8.81 Å². The number of furan rings is 1. The molecule has 0 amide bonds. The van der Waals surface area contributed by atoms with Crippen molar-refractivity contribution in [2.24, 2.45) is 0 Å². The minimum atomic E-state index is -0.381. The Balaban J connectivity index is 2.01. The predicted octanol–water partition coefficient (Wildman–Crippen LogP) is 3.26. The molecule has 3 aromatic heterocycles. The third kappa shape index (κ3) is 2.15. The first-order chi connectivity index (χ1) is 9.15. The van der Waals surface area contributed by atoms with E-state index < -0.39 is 0 Å². The van der Waals surface area contributed by atoms with Crippen molar-refractivity contribution in [3.8, 4) is 0 Å². The lowest BCUT2D eigenvalue weighted by molar-refractivity contribution is 0.518. The van der Waals surface area contributed by atoms with Crippen molar-refractivity contribution in [1.29, 1.82) is 0 Å². The van der Waals surface area contributed by atoms with Gasteiger partial charge in [-0.1, -0.05) is 0 Å². The Bertz CT molecular complexity index is 723. The molecule has 3 heterocycles. The van der Waals surface area contributed by atoms with Crippen molar-refractivity contribution in [3.05, 3.63) is 41.0 Å². The van der Waals surface area contributed by atoms with E-state index in [2.05, 4.69) is 20.3 Å². The van der Waals surface area contributed by atoms with E-state index in [4.69, 9.17) is 16.0 Å². The molecule has 0 aliphatic heterocycles. The summed E-state index contributed by atoms with van der Waals surface area (Å²) in [5.74, 6) is 0.678. The number of nitrogens with zero attached hydrogens (tertiary/aromatic N) is 2. The van der Waals surface area contributed by atoms with E-state index in [1.54, 1.807) is 19.3 Å². The van der Waals surface area contributed by atoms with Crippen molar-refractivity contribution in [1.82, 2.24) is 15.0 Å². The summed E-state index contributed by atoms with van der Waals surface area (Å²) < 4.78 is 19.2. The fourth-order valence-electron chi connectivity index (χ4n) is 1.86. The van der Waals surface area contributed by atoms with Crippen LogP contribution in [0, 0.1) is 12.7 Å². The fraction of sp³-hybridized carbons (Fsp3) is 0.167. The van der Waals surface area contributed by atoms with Crippen LogP contribution < -0.4 is 5.32 Å². The maximum Gasteiger partial charge on any atom is 0.226 e. The van der Waals surface area contributed by atoms with Gasteiger partial charge in [0.05, 0.1) is 23.9 Å². The van der Waals surface area contributed by atoms with Crippen molar-refractivity contribution in [2.75, 3.05) is 5.32 Å². The highest BCUT2D eigenvalue weighted by Crippen LogP contribution is 2.27. The number of aromatic nitrogens is 3. The van der Waals surface area contributed by atoms with Crippen LogP contribution in [0.15, 0.2) is 22.8 Å². The van der Waals surface area contributed by atoms with Crippen LogP contribution in [-0.4, -0.2) is 15.0 Å². The summed E-state index contributed by atoms with van der Waals surface area (Å²) >= 11 is 5.82. The molecule has 0 saturated carbocycles. The van der Waals surface area contributed by atoms with Crippen LogP contribution in [0.2, 0.25) is 5.28 Å². The number of hydrogen-bond donors (Lipinski definition) is 2. The number of rotatable bonds is 3. The topological polar surface area (TPSA) is 66.7 Å². The highest BCUT2D eigenvalue weighted by atomic mass is 35.5. The van der Waals surface area contributed by atoms with Crippen LogP contribution in [-0.2, 0) is 6.54 Å². The van der Waals surface area contributed by atoms with E-state index in [9.17, 15) is 4.39 Å². The lowest BCUT2D eigenvalue weighted by Crippen LogP contribution is -2.02. The second kappa shape index (κ2) is 4.55. The first kappa shape index (κ1) is 12.0. The second-order valence-corrected chi connectivity index (χ2v) is 4.40. The predicted molar refractivity (Wildman–Crippen MR) is 69.6 cm³/mol. The molecule has 0 aromatic carbocycles. The molecule has 3 aromatic rings. The van der Waals surface area contributed by atoms with Crippen molar-refractivity contribution in [2.45, 2.75) is 13.5 Å². The molecule has 2 N–H and O–H groups in total. The van der Waals surface area contributed by atoms with Gasteiger partial charge in [-0.3, -0.25) is 0 Å². The number of aromatic amines is 1. The normalized spacial score (nSPS) is 11.1. The molecule has 19 heavy (non-hydrogen) atoms. The van der Waals surface area contributed by atoms with Gasteiger partial charge < -0.3 is 14.7 Å². The summed E-state index contributed by atoms with van der Waals surface area (Å²) in [6, 6.07) is 3.59. The molecule has 0 atom stereocenters. The van der Waals surface area contributed by atoms with Crippen molar-refractivity contribution in [3.63, 3.8) is 0 Å². The monoisotopic (exact) mass is 280 g/mol. The van der Waals surface area contributed by atoms with E-state index >= 15 is 0 Å². The molecule has 0 fully saturated rings. The zero-order valence-corrected chi connectivity index (χ0v) is 10.8. The first-order valence-electron chi connectivity index (χ1n) is 5.62. The summed E-state index contributed by atoms with van der Waals surface area (Å²) in [5.41, 5.74) is 0.768. The third-order valence-corrected chi connectivity index (χ3v) is 2.92. The van der Waals surface area contributed by atoms with Gasteiger partial charge in [0.25, 0.3) is 0 Å². The number of H-pyrrole nitrogens is 1. The average molecular weight is 281 g/mol. The largest absolute Gasteiger partial charge is 0.467 e. The SMILES string of the molecule is Cc1[nH]c2nc(Cl)nc(NCc3ccco3)c2c1F. The van der Waals surface area contributed by atoms with Crippen LogP contribution in [0.4, 0.5) is 10.2 Å². The number of nitrogens with one attached hydrogen (secondary N) is 2. The summed E-state index contributed by atoms with van der Waals surface area (Å²) in [6.45, 7) is 2.01. The Morgan fingerprint density at radius 3 is 3.05 bits per heavy atom. The number of hydrogen-bond acceptors (Lipinski definition) is 4. The molecule has 0 unspecified atom stereocenters.